The van der Waals surface area contributed by atoms with Crippen molar-refractivity contribution in [3.05, 3.63) is 0 Å². The summed E-state index contributed by atoms with van der Waals surface area (Å²) < 4.78 is 0. The van der Waals surface area contributed by atoms with Crippen LogP contribution in [0.5, 0.6) is 0 Å². The summed E-state index contributed by atoms with van der Waals surface area (Å²) in [5.41, 5.74) is 0. The maximum atomic E-state index is 3.53. The Labute approximate surface area is 98.2 Å². The zero-order valence-electron chi connectivity index (χ0n) is 10.0. The van der Waals surface area contributed by atoms with Gasteiger partial charge in [-0.15, -0.1) is 0 Å². The van der Waals surface area contributed by atoms with Gasteiger partial charge in [-0.3, -0.25) is 0 Å². The highest BCUT2D eigenvalue weighted by molar-refractivity contribution is 7.99. The second-order valence-electron chi connectivity index (χ2n) is 5.20. The predicted octanol–water partition coefficient (Wildman–Crippen LogP) is 1.81. The molecule has 0 amide bonds. The predicted molar refractivity (Wildman–Crippen MR) is 68.5 cm³/mol. The number of piperidine rings is 1. The summed E-state index contributed by atoms with van der Waals surface area (Å²) in [6, 6.07) is 1.59. The van der Waals surface area contributed by atoms with E-state index in [9.17, 15) is 0 Å². The smallest absolute Gasteiger partial charge is 0.0191 e. The fraction of sp³-hybridized carbons (Fsp3) is 1.00. The maximum Gasteiger partial charge on any atom is 0.0191 e. The first kappa shape index (κ1) is 11.7. The van der Waals surface area contributed by atoms with E-state index in [0.29, 0.717) is 0 Å². The van der Waals surface area contributed by atoms with Gasteiger partial charge >= 0.3 is 0 Å². The molecule has 0 aliphatic carbocycles. The second-order valence-corrected chi connectivity index (χ2v) is 6.35. The molecular weight excluding hydrogens is 204 g/mol. The summed E-state index contributed by atoms with van der Waals surface area (Å²) in [6.45, 7) is 4.86. The van der Waals surface area contributed by atoms with Crippen molar-refractivity contribution in [2.75, 3.05) is 31.6 Å². The van der Waals surface area contributed by atoms with Crippen LogP contribution in [0.3, 0.4) is 0 Å². The summed E-state index contributed by atoms with van der Waals surface area (Å²) in [5, 5.41) is 3.53. The molecule has 2 heterocycles. The zero-order valence-corrected chi connectivity index (χ0v) is 10.9. The van der Waals surface area contributed by atoms with Crippen LogP contribution in [0.15, 0.2) is 0 Å². The topological polar surface area (TPSA) is 15.3 Å². The molecule has 2 nitrogen and oxygen atoms in total. The van der Waals surface area contributed by atoms with Gasteiger partial charge in [0.2, 0.25) is 0 Å². The minimum atomic E-state index is 0.732. The molecule has 2 aliphatic rings. The quantitative estimate of drug-likeness (QED) is 0.793. The summed E-state index contributed by atoms with van der Waals surface area (Å²) >= 11 is 2.12. The Morgan fingerprint density at radius 1 is 1.40 bits per heavy atom. The van der Waals surface area contributed by atoms with E-state index in [2.05, 4.69) is 35.9 Å². The first-order valence-electron chi connectivity index (χ1n) is 6.27. The van der Waals surface area contributed by atoms with Crippen LogP contribution in [-0.2, 0) is 0 Å². The van der Waals surface area contributed by atoms with Gasteiger partial charge < -0.3 is 10.2 Å². The van der Waals surface area contributed by atoms with Gasteiger partial charge in [-0.2, -0.15) is 11.8 Å². The first-order chi connectivity index (χ1) is 7.25. The lowest BCUT2D eigenvalue weighted by atomic mass is 9.92. The van der Waals surface area contributed by atoms with Crippen molar-refractivity contribution < 1.29 is 0 Å². The van der Waals surface area contributed by atoms with E-state index in [1.165, 1.54) is 43.9 Å². The lowest BCUT2D eigenvalue weighted by Gasteiger charge is -2.33. The van der Waals surface area contributed by atoms with Crippen LogP contribution >= 0.6 is 11.8 Å². The molecule has 0 aromatic carbocycles. The van der Waals surface area contributed by atoms with Crippen LogP contribution in [0.25, 0.3) is 0 Å². The average molecular weight is 228 g/mol. The standard InChI is InChI=1S/C12H24N2S/c1-10-7-11(3-5-13-10)8-14(2)12-4-6-15-9-12/h10-13H,3-9H2,1-2H3. The Balaban J connectivity index is 1.74. The Bertz CT molecular complexity index is 192. The van der Waals surface area contributed by atoms with Crippen LogP contribution < -0.4 is 5.32 Å². The van der Waals surface area contributed by atoms with Gasteiger partial charge in [0.1, 0.15) is 0 Å². The monoisotopic (exact) mass is 228 g/mol. The summed E-state index contributed by atoms with van der Waals surface area (Å²) in [7, 11) is 2.32. The Kier molecular flexibility index (Phi) is 4.35. The van der Waals surface area contributed by atoms with Gasteiger partial charge in [-0.05, 0) is 51.4 Å². The Morgan fingerprint density at radius 3 is 2.93 bits per heavy atom. The molecule has 1 N–H and O–H groups in total. The molecule has 3 heteroatoms. The molecular formula is C12H24N2S. The number of nitrogens with zero attached hydrogens (tertiary/aromatic N) is 1. The van der Waals surface area contributed by atoms with E-state index < -0.39 is 0 Å². The number of hydrogen-bond donors (Lipinski definition) is 1. The summed E-state index contributed by atoms with van der Waals surface area (Å²) in [4.78, 5) is 2.61. The molecule has 0 bridgehead atoms. The van der Waals surface area contributed by atoms with Crippen molar-refractivity contribution >= 4 is 11.8 Å². The lowest BCUT2D eigenvalue weighted by Crippen LogP contribution is -2.42. The van der Waals surface area contributed by atoms with Gasteiger partial charge in [0, 0.05) is 24.4 Å². The molecule has 0 aromatic heterocycles. The minimum Gasteiger partial charge on any atom is -0.314 e. The molecule has 3 atom stereocenters. The van der Waals surface area contributed by atoms with Crippen LogP contribution in [0.1, 0.15) is 26.2 Å². The van der Waals surface area contributed by atoms with Gasteiger partial charge in [-0.1, -0.05) is 0 Å². The van der Waals surface area contributed by atoms with Gasteiger partial charge in [0.25, 0.3) is 0 Å². The van der Waals surface area contributed by atoms with Crippen LogP contribution in [-0.4, -0.2) is 48.6 Å². The van der Waals surface area contributed by atoms with Crippen LogP contribution in [0.4, 0.5) is 0 Å². The molecule has 0 radical (unpaired) electrons. The maximum absolute atomic E-state index is 3.53. The van der Waals surface area contributed by atoms with E-state index in [-0.39, 0.29) is 0 Å². The SMILES string of the molecule is CC1CC(CN(C)C2CCSC2)CCN1. The molecule has 15 heavy (non-hydrogen) atoms. The van der Waals surface area contributed by atoms with Crippen molar-refractivity contribution in [3.8, 4) is 0 Å². The molecule has 88 valence electrons. The molecule has 3 unspecified atom stereocenters. The highest BCUT2D eigenvalue weighted by Crippen LogP contribution is 2.24. The number of hydrogen-bond acceptors (Lipinski definition) is 3. The highest BCUT2D eigenvalue weighted by atomic mass is 32.2. The van der Waals surface area contributed by atoms with E-state index in [1.54, 1.807) is 0 Å². The van der Waals surface area contributed by atoms with Crippen LogP contribution in [0, 0.1) is 5.92 Å². The third kappa shape index (κ3) is 3.36. The Morgan fingerprint density at radius 2 is 2.27 bits per heavy atom. The molecule has 0 aromatic rings. The van der Waals surface area contributed by atoms with E-state index in [1.807, 2.05) is 0 Å². The number of rotatable bonds is 3. The molecule has 2 rings (SSSR count). The van der Waals surface area contributed by atoms with E-state index in [0.717, 1.165) is 18.0 Å². The van der Waals surface area contributed by atoms with Gasteiger partial charge in [0.05, 0.1) is 0 Å². The molecule has 0 saturated carbocycles. The lowest BCUT2D eigenvalue weighted by molar-refractivity contribution is 0.185. The van der Waals surface area contributed by atoms with Crippen molar-refractivity contribution in [2.45, 2.75) is 38.3 Å². The minimum absolute atomic E-state index is 0.732. The third-order valence-corrected chi connectivity index (χ3v) is 4.95. The van der Waals surface area contributed by atoms with E-state index >= 15 is 0 Å². The number of thioether (sulfide) groups is 1. The summed E-state index contributed by atoms with van der Waals surface area (Å²) in [5.74, 6) is 3.66. The largest absolute Gasteiger partial charge is 0.314 e. The normalized spacial score (nSPS) is 37.4. The van der Waals surface area contributed by atoms with Gasteiger partial charge in [0.15, 0.2) is 0 Å². The average Bonchev–Trinajstić information content (AvgIpc) is 2.70. The van der Waals surface area contributed by atoms with Gasteiger partial charge in [-0.25, -0.2) is 0 Å². The highest BCUT2D eigenvalue weighted by Gasteiger charge is 2.24. The fourth-order valence-corrected chi connectivity index (χ4v) is 4.13. The molecule has 2 aliphatic heterocycles. The zero-order chi connectivity index (χ0) is 10.7. The third-order valence-electron chi connectivity index (χ3n) is 3.81. The van der Waals surface area contributed by atoms with Crippen LogP contribution in [0.2, 0.25) is 0 Å². The Hall–Kier alpha value is 0.270. The van der Waals surface area contributed by atoms with Crippen molar-refractivity contribution in [1.29, 1.82) is 0 Å². The fourth-order valence-electron chi connectivity index (χ4n) is 2.83. The van der Waals surface area contributed by atoms with Crippen molar-refractivity contribution in [2.24, 2.45) is 5.92 Å². The molecule has 0 spiro atoms. The van der Waals surface area contributed by atoms with Crippen molar-refractivity contribution in [3.63, 3.8) is 0 Å². The molecule has 2 fully saturated rings. The van der Waals surface area contributed by atoms with E-state index in [4.69, 9.17) is 0 Å². The molecule has 2 saturated heterocycles. The van der Waals surface area contributed by atoms with Crippen molar-refractivity contribution in [1.82, 2.24) is 10.2 Å². The first-order valence-corrected chi connectivity index (χ1v) is 7.42. The summed E-state index contributed by atoms with van der Waals surface area (Å²) in [6.07, 6.45) is 4.14. The number of nitrogens with one attached hydrogen (secondary N) is 1. The second kappa shape index (κ2) is 5.55.